The summed E-state index contributed by atoms with van der Waals surface area (Å²) in [4.78, 5) is 25.3. The highest BCUT2D eigenvalue weighted by atomic mass is 35.5. The number of carbonyl (C=O) groups excluding carboxylic acids is 2. The van der Waals surface area contributed by atoms with Crippen molar-refractivity contribution in [1.82, 2.24) is 4.31 Å². The minimum Gasteiger partial charge on any atom is -0.455 e. The Morgan fingerprint density at radius 3 is 2.16 bits per heavy atom. The molecule has 1 saturated carbocycles. The first-order chi connectivity index (χ1) is 14.6. The van der Waals surface area contributed by atoms with Gasteiger partial charge in [0.1, 0.15) is 0 Å². The molecule has 0 unspecified atom stereocenters. The SMILES string of the molecule is CN(C)S(=O)(=O)c1ccc(NC(=O)COC(=O)C2(c3ccc(Cl)cc3)CCCC2)cc1. The van der Waals surface area contributed by atoms with Gasteiger partial charge in [-0.1, -0.05) is 36.6 Å². The van der Waals surface area contributed by atoms with Gasteiger partial charge in [-0.25, -0.2) is 12.7 Å². The molecule has 0 aliphatic heterocycles. The first-order valence-electron chi connectivity index (χ1n) is 9.91. The predicted octanol–water partition coefficient (Wildman–Crippen LogP) is 3.58. The molecule has 1 amide bonds. The number of esters is 1. The Morgan fingerprint density at radius 2 is 1.61 bits per heavy atom. The summed E-state index contributed by atoms with van der Waals surface area (Å²) in [6.45, 7) is -0.425. The fraction of sp³-hybridized carbons (Fsp3) is 0.364. The third kappa shape index (κ3) is 5.08. The number of halogens is 1. The van der Waals surface area contributed by atoms with Crippen molar-refractivity contribution in [2.75, 3.05) is 26.0 Å². The molecule has 9 heteroatoms. The Morgan fingerprint density at radius 1 is 1.03 bits per heavy atom. The van der Waals surface area contributed by atoms with Crippen molar-refractivity contribution in [3.8, 4) is 0 Å². The van der Waals surface area contributed by atoms with Crippen molar-refractivity contribution in [3.63, 3.8) is 0 Å². The number of hydrogen-bond donors (Lipinski definition) is 1. The minimum absolute atomic E-state index is 0.119. The van der Waals surface area contributed by atoms with E-state index in [1.165, 1.54) is 38.4 Å². The fourth-order valence-electron chi connectivity index (χ4n) is 3.75. The van der Waals surface area contributed by atoms with E-state index in [4.69, 9.17) is 16.3 Å². The summed E-state index contributed by atoms with van der Waals surface area (Å²) >= 11 is 5.97. The van der Waals surface area contributed by atoms with Crippen molar-refractivity contribution in [2.45, 2.75) is 36.0 Å². The van der Waals surface area contributed by atoms with Crippen molar-refractivity contribution in [3.05, 3.63) is 59.1 Å². The smallest absolute Gasteiger partial charge is 0.317 e. The van der Waals surface area contributed by atoms with Crippen molar-refractivity contribution in [1.29, 1.82) is 0 Å². The number of benzene rings is 2. The van der Waals surface area contributed by atoms with Gasteiger partial charge in [-0.2, -0.15) is 0 Å². The van der Waals surface area contributed by atoms with Gasteiger partial charge in [-0.15, -0.1) is 0 Å². The van der Waals surface area contributed by atoms with Crippen LogP contribution in [0.5, 0.6) is 0 Å². The topological polar surface area (TPSA) is 92.8 Å². The number of ether oxygens (including phenoxy) is 1. The summed E-state index contributed by atoms with van der Waals surface area (Å²) in [7, 11) is -0.656. The zero-order valence-corrected chi connectivity index (χ0v) is 19.0. The molecular weight excluding hydrogens is 440 g/mol. The van der Waals surface area contributed by atoms with Gasteiger partial charge >= 0.3 is 5.97 Å². The molecule has 0 bridgehead atoms. The lowest BCUT2D eigenvalue weighted by molar-refractivity contribution is -0.153. The monoisotopic (exact) mass is 464 g/mol. The normalized spacial score (nSPS) is 15.6. The molecule has 3 rings (SSSR count). The van der Waals surface area contributed by atoms with Crippen LogP contribution in [-0.4, -0.2) is 45.3 Å². The molecule has 166 valence electrons. The van der Waals surface area contributed by atoms with Crippen LogP contribution in [-0.2, 0) is 29.8 Å². The highest BCUT2D eigenvalue weighted by Crippen LogP contribution is 2.42. The third-order valence-corrected chi connectivity index (χ3v) is 7.58. The van der Waals surface area contributed by atoms with Gasteiger partial charge in [0.05, 0.1) is 10.3 Å². The van der Waals surface area contributed by atoms with Gasteiger partial charge < -0.3 is 10.1 Å². The highest BCUT2D eigenvalue weighted by molar-refractivity contribution is 7.89. The predicted molar refractivity (Wildman–Crippen MR) is 119 cm³/mol. The third-order valence-electron chi connectivity index (χ3n) is 5.50. The summed E-state index contributed by atoms with van der Waals surface area (Å²) in [5.74, 6) is -0.921. The van der Waals surface area contributed by atoms with Crippen molar-refractivity contribution < 1.29 is 22.7 Å². The summed E-state index contributed by atoms with van der Waals surface area (Å²) < 4.78 is 30.7. The number of amides is 1. The molecule has 0 saturated heterocycles. The number of anilines is 1. The molecule has 0 heterocycles. The first-order valence-corrected chi connectivity index (χ1v) is 11.7. The largest absolute Gasteiger partial charge is 0.455 e. The molecule has 0 spiro atoms. The molecule has 2 aromatic carbocycles. The molecule has 7 nitrogen and oxygen atoms in total. The van der Waals surface area contributed by atoms with Gasteiger partial charge in [0.25, 0.3) is 5.91 Å². The van der Waals surface area contributed by atoms with Crippen LogP contribution in [0.2, 0.25) is 5.02 Å². The van der Waals surface area contributed by atoms with Crippen LogP contribution < -0.4 is 5.32 Å². The Hall–Kier alpha value is -2.42. The quantitative estimate of drug-likeness (QED) is 0.632. The summed E-state index contributed by atoms with van der Waals surface area (Å²) in [5, 5.41) is 3.21. The maximum Gasteiger partial charge on any atom is 0.317 e. The van der Waals surface area contributed by atoms with E-state index in [0.29, 0.717) is 23.6 Å². The van der Waals surface area contributed by atoms with Gasteiger partial charge in [0.2, 0.25) is 10.0 Å². The molecule has 0 atom stereocenters. The number of hydrogen-bond acceptors (Lipinski definition) is 5. The standard InChI is InChI=1S/C22H25ClN2O5S/c1-25(2)31(28,29)19-11-9-18(10-12-19)24-20(26)15-30-21(27)22(13-3-4-14-22)16-5-7-17(23)8-6-16/h5-12H,3-4,13-15H2,1-2H3,(H,24,26). The number of sulfonamides is 1. The van der Waals surface area contributed by atoms with Crippen LogP contribution in [0.3, 0.4) is 0 Å². The molecule has 31 heavy (non-hydrogen) atoms. The first kappa shape index (κ1) is 23.2. The number of nitrogens with one attached hydrogen (secondary N) is 1. The Bertz CT molecular complexity index is 1040. The van der Waals surface area contributed by atoms with E-state index in [1.807, 2.05) is 12.1 Å². The number of nitrogens with zero attached hydrogens (tertiary/aromatic N) is 1. The maximum absolute atomic E-state index is 12.9. The molecule has 1 aliphatic carbocycles. The lowest BCUT2D eigenvalue weighted by Crippen LogP contribution is -2.36. The van der Waals surface area contributed by atoms with Crippen LogP contribution in [0.25, 0.3) is 0 Å². The number of rotatable bonds is 7. The van der Waals surface area contributed by atoms with Gasteiger partial charge in [-0.3, -0.25) is 9.59 Å². The van der Waals surface area contributed by atoms with Gasteiger partial charge in [-0.05, 0) is 54.8 Å². The average Bonchev–Trinajstić information content (AvgIpc) is 3.24. The van der Waals surface area contributed by atoms with Crippen LogP contribution in [0, 0.1) is 0 Å². The zero-order chi connectivity index (χ0) is 22.6. The summed E-state index contributed by atoms with van der Waals surface area (Å²) in [6.07, 6.45) is 3.14. The molecule has 0 aromatic heterocycles. The molecule has 1 N–H and O–H groups in total. The van der Waals surface area contributed by atoms with E-state index in [9.17, 15) is 18.0 Å². The Kier molecular flexibility index (Phi) is 7.03. The Balaban J connectivity index is 1.62. The van der Waals surface area contributed by atoms with E-state index < -0.39 is 33.9 Å². The van der Waals surface area contributed by atoms with E-state index in [2.05, 4.69) is 5.32 Å². The van der Waals surface area contributed by atoms with E-state index in [-0.39, 0.29) is 4.90 Å². The molecule has 0 radical (unpaired) electrons. The van der Waals surface area contributed by atoms with Gasteiger partial charge in [0, 0.05) is 24.8 Å². The number of carbonyl (C=O) groups is 2. The van der Waals surface area contributed by atoms with Crippen molar-refractivity contribution >= 4 is 39.2 Å². The van der Waals surface area contributed by atoms with E-state index >= 15 is 0 Å². The summed E-state index contributed by atoms with van der Waals surface area (Å²) in [6, 6.07) is 12.9. The van der Waals surface area contributed by atoms with Crippen LogP contribution in [0.4, 0.5) is 5.69 Å². The molecule has 1 fully saturated rings. The molecular formula is C22H25ClN2O5S. The van der Waals surface area contributed by atoms with E-state index in [1.54, 1.807) is 12.1 Å². The van der Waals surface area contributed by atoms with Crippen LogP contribution in [0.1, 0.15) is 31.2 Å². The second-order valence-electron chi connectivity index (χ2n) is 7.73. The molecule has 2 aromatic rings. The van der Waals surface area contributed by atoms with Crippen LogP contribution in [0.15, 0.2) is 53.4 Å². The average molecular weight is 465 g/mol. The van der Waals surface area contributed by atoms with Crippen LogP contribution >= 0.6 is 11.6 Å². The zero-order valence-electron chi connectivity index (χ0n) is 17.4. The lowest BCUT2D eigenvalue weighted by Gasteiger charge is -2.27. The van der Waals surface area contributed by atoms with Crippen molar-refractivity contribution in [2.24, 2.45) is 0 Å². The maximum atomic E-state index is 12.9. The minimum atomic E-state index is -3.55. The van der Waals surface area contributed by atoms with Gasteiger partial charge in [0.15, 0.2) is 6.61 Å². The second kappa shape index (κ2) is 9.38. The second-order valence-corrected chi connectivity index (χ2v) is 10.3. The molecule has 1 aliphatic rings. The highest BCUT2D eigenvalue weighted by Gasteiger charge is 2.44. The lowest BCUT2D eigenvalue weighted by atomic mass is 9.79. The van der Waals surface area contributed by atoms with E-state index in [0.717, 1.165) is 22.7 Å². The Labute approximate surface area is 187 Å². The summed E-state index contributed by atoms with van der Waals surface area (Å²) in [5.41, 5.74) is 0.497. The fourth-order valence-corrected chi connectivity index (χ4v) is 4.77.